The van der Waals surface area contributed by atoms with Gasteiger partial charge in [0.2, 0.25) is 17.7 Å². The van der Waals surface area contributed by atoms with Gasteiger partial charge in [-0.1, -0.05) is 29.5 Å². The SMILES string of the molecule is Cc1ccc(NC(=O)CSc2nnc(CC3C(=O)NC(=O)NC3C)o2)c(C)c1. The summed E-state index contributed by atoms with van der Waals surface area (Å²) in [6, 6.07) is 4.95. The van der Waals surface area contributed by atoms with E-state index in [-0.39, 0.29) is 41.1 Å². The summed E-state index contributed by atoms with van der Waals surface area (Å²) in [4.78, 5) is 35.4. The third-order valence-corrected chi connectivity index (χ3v) is 5.18. The van der Waals surface area contributed by atoms with E-state index in [1.807, 2.05) is 32.0 Å². The number of nitrogens with zero attached hydrogens (tertiary/aromatic N) is 2. The van der Waals surface area contributed by atoms with Crippen LogP contribution in [0.5, 0.6) is 0 Å². The standard InChI is InChI=1S/C18H21N5O4S/c1-9-4-5-13(10(2)6-9)20-14(24)8-28-18-23-22-15(27-18)7-12-11(3)19-17(26)21-16(12)25/h4-6,11-12H,7-8H2,1-3H3,(H,20,24)(H2,19,21,25,26). The van der Waals surface area contributed by atoms with Gasteiger partial charge in [-0.3, -0.25) is 14.9 Å². The molecule has 0 aliphatic carbocycles. The van der Waals surface area contributed by atoms with E-state index >= 15 is 0 Å². The molecule has 0 bridgehead atoms. The number of carbonyl (C=O) groups is 3. The number of hydrogen-bond donors (Lipinski definition) is 3. The molecular weight excluding hydrogens is 382 g/mol. The van der Waals surface area contributed by atoms with Crippen LogP contribution in [-0.2, 0) is 16.0 Å². The molecule has 28 heavy (non-hydrogen) atoms. The second-order valence-corrected chi connectivity index (χ2v) is 7.61. The quantitative estimate of drug-likeness (QED) is 0.628. The van der Waals surface area contributed by atoms with Gasteiger partial charge >= 0.3 is 6.03 Å². The predicted octanol–water partition coefficient (Wildman–Crippen LogP) is 1.80. The van der Waals surface area contributed by atoms with Crippen LogP contribution in [0.2, 0.25) is 0 Å². The van der Waals surface area contributed by atoms with Crippen LogP contribution in [0, 0.1) is 19.8 Å². The Morgan fingerprint density at radius 2 is 2.07 bits per heavy atom. The second kappa shape index (κ2) is 8.42. The lowest BCUT2D eigenvalue weighted by molar-refractivity contribution is -0.125. The summed E-state index contributed by atoms with van der Waals surface area (Å²) in [5, 5.41) is 15.8. The van der Waals surface area contributed by atoms with Crippen LogP contribution in [0.1, 0.15) is 23.9 Å². The number of rotatable bonds is 6. The smallest absolute Gasteiger partial charge is 0.321 e. The van der Waals surface area contributed by atoms with E-state index in [9.17, 15) is 14.4 Å². The van der Waals surface area contributed by atoms with Gasteiger partial charge in [-0.05, 0) is 32.4 Å². The molecule has 4 amide bonds. The summed E-state index contributed by atoms with van der Waals surface area (Å²) in [5.74, 6) is -0.661. The Labute approximate surface area is 166 Å². The molecule has 0 spiro atoms. The molecule has 148 valence electrons. The van der Waals surface area contributed by atoms with E-state index < -0.39 is 11.9 Å². The van der Waals surface area contributed by atoms with Crippen molar-refractivity contribution in [3.63, 3.8) is 0 Å². The third-order valence-electron chi connectivity index (χ3n) is 4.36. The normalized spacial score (nSPS) is 19.1. The summed E-state index contributed by atoms with van der Waals surface area (Å²) in [5.41, 5.74) is 2.89. The van der Waals surface area contributed by atoms with Gasteiger partial charge in [0.15, 0.2) is 0 Å². The molecule has 1 aromatic carbocycles. The van der Waals surface area contributed by atoms with Crippen molar-refractivity contribution >= 4 is 35.3 Å². The maximum absolute atomic E-state index is 12.1. The summed E-state index contributed by atoms with van der Waals surface area (Å²) in [6.45, 7) is 5.67. The number of nitrogens with one attached hydrogen (secondary N) is 3. The van der Waals surface area contributed by atoms with Gasteiger partial charge in [0.05, 0.1) is 11.7 Å². The minimum absolute atomic E-state index is 0.116. The molecule has 0 radical (unpaired) electrons. The fourth-order valence-electron chi connectivity index (χ4n) is 2.88. The molecule has 1 aliphatic rings. The van der Waals surface area contributed by atoms with E-state index in [2.05, 4.69) is 26.1 Å². The van der Waals surface area contributed by atoms with Crippen molar-refractivity contribution in [2.24, 2.45) is 5.92 Å². The molecule has 3 rings (SSSR count). The fourth-order valence-corrected chi connectivity index (χ4v) is 3.46. The van der Waals surface area contributed by atoms with Crippen molar-refractivity contribution in [3.8, 4) is 0 Å². The number of amides is 4. The number of aryl methyl sites for hydroxylation is 2. The molecule has 0 saturated carbocycles. The molecule has 1 aromatic heterocycles. The van der Waals surface area contributed by atoms with Crippen LogP contribution >= 0.6 is 11.8 Å². The van der Waals surface area contributed by atoms with Gasteiger partial charge in [0.25, 0.3) is 5.22 Å². The second-order valence-electron chi connectivity index (χ2n) is 6.68. The number of benzene rings is 1. The molecule has 2 aromatic rings. The first-order chi connectivity index (χ1) is 13.3. The lowest BCUT2D eigenvalue weighted by atomic mass is 9.95. The Morgan fingerprint density at radius 1 is 1.29 bits per heavy atom. The third kappa shape index (κ3) is 4.89. The maximum atomic E-state index is 12.1. The zero-order valence-corrected chi connectivity index (χ0v) is 16.6. The lowest BCUT2D eigenvalue weighted by Gasteiger charge is -2.27. The molecule has 1 aliphatic heterocycles. The predicted molar refractivity (Wildman–Crippen MR) is 103 cm³/mol. The van der Waals surface area contributed by atoms with Gasteiger partial charge in [-0.2, -0.15) is 0 Å². The highest BCUT2D eigenvalue weighted by Gasteiger charge is 2.34. The lowest BCUT2D eigenvalue weighted by Crippen LogP contribution is -2.57. The average molecular weight is 403 g/mol. The maximum Gasteiger partial charge on any atom is 0.321 e. The number of imide groups is 1. The Morgan fingerprint density at radius 3 is 2.79 bits per heavy atom. The van der Waals surface area contributed by atoms with Crippen molar-refractivity contribution in [2.45, 2.75) is 38.5 Å². The largest absolute Gasteiger partial charge is 0.416 e. The van der Waals surface area contributed by atoms with Crippen molar-refractivity contribution in [1.82, 2.24) is 20.8 Å². The van der Waals surface area contributed by atoms with Crippen molar-refractivity contribution in [1.29, 1.82) is 0 Å². The van der Waals surface area contributed by atoms with Crippen molar-refractivity contribution < 1.29 is 18.8 Å². The van der Waals surface area contributed by atoms with Gasteiger partial charge in [0, 0.05) is 18.2 Å². The number of urea groups is 1. The minimum Gasteiger partial charge on any atom is -0.416 e. The first-order valence-electron chi connectivity index (χ1n) is 8.75. The molecule has 1 fully saturated rings. The van der Waals surface area contributed by atoms with Crippen LogP contribution in [0.4, 0.5) is 10.5 Å². The minimum atomic E-state index is -0.509. The Hall–Kier alpha value is -2.88. The molecule has 1 saturated heterocycles. The Balaban J connectivity index is 1.52. The number of hydrogen-bond acceptors (Lipinski definition) is 7. The first-order valence-corrected chi connectivity index (χ1v) is 9.74. The fraction of sp³-hybridized carbons (Fsp3) is 0.389. The van der Waals surface area contributed by atoms with Crippen molar-refractivity contribution in [3.05, 3.63) is 35.2 Å². The van der Waals surface area contributed by atoms with Crippen LogP contribution in [-0.4, -0.2) is 39.8 Å². The highest BCUT2D eigenvalue weighted by atomic mass is 32.2. The molecule has 2 atom stereocenters. The summed E-state index contributed by atoms with van der Waals surface area (Å²) < 4.78 is 5.52. The monoisotopic (exact) mass is 403 g/mol. The van der Waals surface area contributed by atoms with Crippen LogP contribution < -0.4 is 16.0 Å². The Kier molecular flexibility index (Phi) is 5.98. The van der Waals surface area contributed by atoms with Crippen molar-refractivity contribution in [2.75, 3.05) is 11.1 Å². The highest BCUT2D eigenvalue weighted by Crippen LogP contribution is 2.21. The summed E-state index contributed by atoms with van der Waals surface area (Å²) in [7, 11) is 0. The number of aromatic nitrogens is 2. The summed E-state index contributed by atoms with van der Waals surface area (Å²) in [6.07, 6.45) is 0.204. The number of thioether (sulfide) groups is 1. The number of anilines is 1. The molecule has 9 nitrogen and oxygen atoms in total. The van der Waals surface area contributed by atoms with Gasteiger partial charge in [0.1, 0.15) is 0 Å². The zero-order valence-electron chi connectivity index (χ0n) is 15.7. The molecular formula is C18H21N5O4S. The summed E-state index contributed by atoms with van der Waals surface area (Å²) >= 11 is 1.12. The molecule has 2 heterocycles. The van der Waals surface area contributed by atoms with Gasteiger partial charge in [-0.15, -0.1) is 10.2 Å². The van der Waals surface area contributed by atoms with E-state index in [0.717, 1.165) is 28.6 Å². The zero-order chi connectivity index (χ0) is 20.3. The van der Waals surface area contributed by atoms with E-state index in [1.54, 1.807) is 6.92 Å². The highest BCUT2D eigenvalue weighted by molar-refractivity contribution is 7.99. The van der Waals surface area contributed by atoms with E-state index in [1.165, 1.54) is 0 Å². The van der Waals surface area contributed by atoms with Crippen LogP contribution in [0.25, 0.3) is 0 Å². The van der Waals surface area contributed by atoms with E-state index in [4.69, 9.17) is 4.42 Å². The molecule has 10 heteroatoms. The van der Waals surface area contributed by atoms with Gasteiger partial charge in [-0.25, -0.2) is 4.79 Å². The Bertz CT molecular complexity index is 913. The number of carbonyl (C=O) groups excluding carboxylic acids is 3. The molecule has 2 unspecified atom stereocenters. The molecule has 3 N–H and O–H groups in total. The van der Waals surface area contributed by atoms with Gasteiger partial charge < -0.3 is 15.1 Å². The van der Waals surface area contributed by atoms with E-state index in [0.29, 0.717) is 0 Å². The average Bonchev–Trinajstić information content (AvgIpc) is 3.06. The topological polar surface area (TPSA) is 126 Å². The van der Waals surface area contributed by atoms with Crippen LogP contribution in [0.3, 0.4) is 0 Å². The van der Waals surface area contributed by atoms with Crippen LogP contribution in [0.15, 0.2) is 27.8 Å². The first kappa shape index (κ1) is 19.9.